The molecule has 1 aromatic carbocycles. The van der Waals surface area contributed by atoms with E-state index in [2.05, 4.69) is 11.0 Å². The zero-order valence-corrected chi connectivity index (χ0v) is 12.8. The number of nitrogens with zero attached hydrogens (tertiary/aromatic N) is 2. The van der Waals surface area contributed by atoms with Crippen molar-refractivity contribution in [3.05, 3.63) is 29.8 Å². The third-order valence-corrected chi connectivity index (χ3v) is 3.69. The van der Waals surface area contributed by atoms with Crippen molar-refractivity contribution in [3.63, 3.8) is 0 Å². The monoisotopic (exact) mass is 292 g/mol. The second-order valence-corrected chi connectivity index (χ2v) is 5.48. The molecule has 0 spiro atoms. The third-order valence-electron chi connectivity index (χ3n) is 3.69. The summed E-state index contributed by atoms with van der Waals surface area (Å²) in [5.41, 5.74) is 2.22. The molecule has 0 saturated heterocycles. The van der Waals surface area contributed by atoms with E-state index >= 15 is 0 Å². The summed E-state index contributed by atoms with van der Waals surface area (Å²) in [6, 6.07) is 8.08. The number of rotatable bonds is 5. The van der Waals surface area contributed by atoms with Crippen LogP contribution in [0.1, 0.15) is 18.9 Å². The molecular formula is C16H24N2O3. The van der Waals surface area contributed by atoms with Crippen LogP contribution in [-0.2, 0) is 16.1 Å². The van der Waals surface area contributed by atoms with Crippen molar-refractivity contribution in [1.29, 1.82) is 0 Å². The fourth-order valence-corrected chi connectivity index (χ4v) is 2.67. The molecule has 1 atom stereocenters. The molecule has 0 radical (unpaired) electrons. The van der Waals surface area contributed by atoms with Gasteiger partial charge in [0.2, 0.25) is 5.91 Å². The molecule has 1 aromatic rings. The second kappa shape index (κ2) is 7.43. The minimum absolute atomic E-state index is 0.136. The van der Waals surface area contributed by atoms with E-state index in [1.165, 1.54) is 0 Å². The zero-order chi connectivity index (χ0) is 15.2. The van der Waals surface area contributed by atoms with Crippen LogP contribution in [0.15, 0.2) is 24.3 Å². The number of methoxy groups -OCH3 is 1. The maximum atomic E-state index is 12.3. The maximum absolute atomic E-state index is 12.3. The summed E-state index contributed by atoms with van der Waals surface area (Å²) in [6.07, 6.45) is 0.0438. The third kappa shape index (κ3) is 4.19. The number of para-hydroxylation sites is 1. The van der Waals surface area contributed by atoms with Crippen molar-refractivity contribution < 1.29 is 14.6 Å². The zero-order valence-electron chi connectivity index (χ0n) is 12.8. The molecule has 5 nitrogen and oxygen atoms in total. The van der Waals surface area contributed by atoms with E-state index < -0.39 is 6.10 Å². The summed E-state index contributed by atoms with van der Waals surface area (Å²) >= 11 is 0. The van der Waals surface area contributed by atoms with E-state index in [-0.39, 0.29) is 5.91 Å². The van der Waals surface area contributed by atoms with E-state index in [1.807, 2.05) is 23.1 Å². The number of amides is 1. The lowest BCUT2D eigenvalue weighted by atomic mass is 10.1. The van der Waals surface area contributed by atoms with Gasteiger partial charge in [-0.3, -0.25) is 4.79 Å². The Morgan fingerprint density at radius 1 is 1.33 bits per heavy atom. The molecule has 0 fully saturated rings. The minimum atomic E-state index is -0.419. The molecule has 1 unspecified atom stereocenters. The molecule has 1 aliphatic heterocycles. The van der Waals surface area contributed by atoms with Crippen LogP contribution in [0.5, 0.6) is 0 Å². The van der Waals surface area contributed by atoms with Crippen molar-refractivity contribution in [2.24, 2.45) is 0 Å². The Labute approximate surface area is 126 Å². The number of aliphatic hydroxyl groups excluding tert-OH is 1. The fraction of sp³-hybridized carbons (Fsp3) is 0.562. The first-order valence-electron chi connectivity index (χ1n) is 7.39. The first kappa shape index (κ1) is 15.8. The van der Waals surface area contributed by atoms with Crippen LogP contribution >= 0.6 is 0 Å². The lowest BCUT2D eigenvalue weighted by Gasteiger charge is -2.33. The van der Waals surface area contributed by atoms with Crippen molar-refractivity contribution in [2.45, 2.75) is 26.0 Å². The molecule has 0 aromatic heterocycles. The molecule has 1 amide bonds. The van der Waals surface area contributed by atoms with Gasteiger partial charge in [0.1, 0.15) is 0 Å². The smallest absolute Gasteiger partial charge is 0.224 e. The number of benzene rings is 1. The van der Waals surface area contributed by atoms with Crippen LogP contribution in [0.4, 0.5) is 5.69 Å². The Hall–Kier alpha value is -1.59. The first-order valence-corrected chi connectivity index (χ1v) is 7.39. The first-order chi connectivity index (χ1) is 10.1. The number of hydrogen-bond acceptors (Lipinski definition) is 4. The number of fused-ring (bicyclic) bond motifs is 1. The van der Waals surface area contributed by atoms with Crippen LogP contribution < -0.4 is 4.90 Å². The highest BCUT2D eigenvalue weighted by Crippen LogP contribution is 2.25. The Kier molecular flexibility index (Phi) is 5.59. The predicted octanol–water partition coefficient (Wildman–Crippen LogP) is 1.25. The average Bonchev–Trinajstić information content (AvgIpc) is 2.46. The van der Waals surface area contributed by atoms with Gasteiger partial charge < -0.3 is 19.6 Å². The molecule has 1 heterocycles. The number of aliphatic hydroxyl groups is 1. The summed E-state index contributed by atoms with van der Waals surface area (Å²) in [5, 5.41) is 9.67. The molecular weight excluding hydrogens is 268 g/mol. The standard InChI is InChI=1S/C16H24N2O3/c1-13(19)11-17-8-7-16(20)18(9-10-21-2)12-14-5-3-4-6-15(14)17/h3-6,13,19H,7-12H2,1-2H3. The van der Waals surface area contributed by atoms with E-state index in [1.54, 1.807) is 14.0 Å². The van der Waals surface area contributed by atoms with Crippen LogP contribution in [0, 0.1) is 0 Å². The molecule has 1 N–H and O–H groups in total. The highest BCUT2D eigenvalue weighted by molar-refractivity contribution is 5.78. The number of carbonyl (C=O) groups excluding carboxylic acids is 1. The van der Waals surface area contributed by atoms with Gasteiger partial charge in [0.25, 0.3) is 0 Å². The van der Waals surface area contributed by atoms with Crippen LogP contribution in [-0.4, -0.2) is 55.4 Å². The van der Waals surface area contributed by atoms with Gasteiger partial charge in [0, 0.05) is 45.4 Å². The quantitative estimate of drug-likeness (QED) is 0.887. The topological polar surface area (TPSA) is 53.0 Å². The van der Waals surface area contributed by atoms with E-state index in [9.17, 15) is 9.90 Å². The molecule has 0 bridgehead atoms. The number of hydrogen-bond donors (Lipinski definition) is 1. The fourth-order valence-electron chi connectivity index (χ4n) is 2.67. The van der Waals surface area contributed by atoms with E-state index in [0.29, 0.717) is 39.2 Å². The van der Waals surface area contributed by atoms with Crippen molar-refractivity contribution in [1.82, 2.24) is 4.90 Å². The van der Waals surface area contributed by atoms with E-state index in [4.69, 9.17) is 4.74 Å². The Balaban J connectivity index is 2.24. The number of ether oxygens (including phenoxy) is 1. The van der Waals surface area contributed by atoms with Gasteiger partial charge in [0.05, 0.1) is 12.7 Å². The lowest BCUT2D eigenvalue weighted by Crippen LogP contribution is -2.41. The van der Waals surface area contributed by atoms with Crippen LogP contribution in [0.25, 0.3) is 0 Å². The van der Waals surface area contributed by atoms with Gasteiger partial charge in [0.15, 0.2) is 0 Å². The molecule has 2 rings (SSSR count). The normalized spacial score (nSPS) is 17.2. The van der Waals surface area contributed by atoms with Gasteiger partial charge >= 0.3 is 0 Å². The summed E-state index contributed by atoms with van der Waals surface area (Å²) < 4.78 is 5.09. The molecule has 0 aliphatic carbocycles. The summed E-state index contributed by atoms with van der Waals surface area (Å²) in [5.74, 6) is 0.136. The van der Waals surface area contributed by atoms with Gasteiger partial charge in [-0.25, -0.2) is 0 Å². The molecule has 21 heavy (non-hydrogen) atoms. The van der Waals surface area contributed by atoms with Crippen molar-refractivity contribution >= 4 is 11.6 Å². The predicted molar refractivity (Wildman–Crippen MR) is 82.2 cm³/mol. The second-order valence-electron chi connectivity index (χ2n) is 5.48. The number of anilines is 1. The average molecular weight is 292 g/mol. The van der Waals surface area contributed by atoms with Crippen LogP contribution in [0.2, 0.25) is 0 Å². The number of carbonyl (C=O) groups is 1. The van der Waals surface area contributed by atoms with Gasteiger partial charge in [-0.1, -0.05) is 18.2 Å². The molecule has 0 saturated carbocycles. The molecule has 116 valence electrons. The highest BCUT2D eigenvalue weighted by Gasteiger charge is 2.22. The van der Waals surface area contributed by atoms with Gasteiger partial charge in [-0.15, -0.1) is 0 Å². The highest BCUT2D eigenvalue weighted by atomic mass is 16.5. The van der Waals surface area contributed by atoms with Crippen molar-refractivity contribution in [2.75, 3.05) is 38.3 Å². The molecule has 1 aliphatic rings. The number of β-amino-alcohol motifs (C(OH)–C–C–N with tert-alkyl or cyclic N) is 1. The Morgan fingerprint density at radius 3 is 2.81 bits per heavy atom. The SMILES string of the molecule is COCCN1Cc2ccccc2N(CC(C)O)CCC1=O. The Bertz CT molecular complexity index is 476. The maximum Gasteiger partial charge on any atom is 0.224 e. The molecule has 5 heteroatoms. The summed E-state index contributed by atoms with van der Waals surface area (Å²) in [6.45, 7) is 4.70. The van der Waals surface area contributed by atoms with Gasteiger partial charge in [-0.05, 0) is 18.6 Å². The summed E-state index contributed by atoms with van der Waals surface area (Å²) in [7, 11) is 1.65. The van der Waals surface area contributed by atoms with Crippen molar-refractivity contribution in [3.8, 4) is 0 Å². The minimum Gasteiger partial charge on any atom is -0.392 e. The lowest BCUT2D eigenvalue weighted by molar-refractivity contribution is -0.132. The Morgan fingerprint density at radius 2 is 2.10 bits per heavy atom. The van der Waals surface area contributed by atoms with Crippen LogP contribution in [0.3, 0.4) is 0 Å². The van der Waals surface area contributed by atoms with E-state index in [0.717, 1.165) is 11.3 Å². The van der Waals surface area contributed by atoms with Gasteiger partial charge in [-0.2, -0.15) is 0 Å². The summed E-state index contributed by atoms with van der Waals surface area (Å²) in [4.78, 5) is 16.2. The largest absolute Gasteiger partial charge is 0.392 e.